The Morgan fingerprint density at radius 3 is 2.95 bits per heavy atom. The van der Waals surface area contributed by atoms with Gasteiger partial charge in [0.15, 0.2) is 5.16 Å². The first kappa shape index (κ1) is 13.2. The van der Waals surface area contributed by atoms with E-state index in [0.29, 0.717) is 0 Å². The van der Waals surface area contributed by atoms with Gasteiger partial charge in [0.2, 0.25) is 5.91 Å². The summed E-state index contributed by atoms with van der Waals surface area (Å²) in [4.78, 5) is 12.0. The first-order valence-corrected chi connectivity index (χ1v) is 7.62. The quantitative estimate of drug-likeness (QED) is 0.939. The number of hydrogen-bond acceptors (Lipinski definition) is 4. The first-order valence-electron chi connectivity index (χ1n) is 6.74. The molecule has 1 N–H and O–H groups in total. The van der Waals surface area contributed by atoms with E-state index in [-0.39, 0.29) is 11.2 Å². The largest absolute Gasteiger partial charge is 0.355 e. The number of nitrogens with zero attached hydrogens (tertiary/aromatic N) is 3. The normalized spacial score (nSPS) is 19.4. The van der Waals surface area contributed by atoms with Gasteiger partial charge in [-0.1, -0.05) is 36.4 Å². The van der Waals surface area contributed by atoms with Crippen molar-refractivity contribution >= 4 is 17.7 Å². The van der Waals surface area contributed by atoms with Crippen LogP contribution in [0, 0.1) is 0 Å². The van der Waals surface area contributed by atoms with E-state index in [1.165, 1.54) is 11.8 Å². The lowest BCUT2D eigenvalue weighted by molar-refractivity contribution is -0.120. The second-order valence-corrected chi connectivity index (χ2v) is 5.88. The molecule has 1 unspecified atom stereocenters. The summed E-state index contributed by atoms with van der Waals surface area (Å²) in [6, 6.07) is 9.92. The van der Waals surface area contributed by atoms with Gasteiger partial charge in [-0.2, -0.15) is 0 Å². The Morgan fingerprint density at radius 2 is 2.10 bits per heavy atom. The van der Waals surface area contributed by atoms with Gasteiger partial charge >= 0.3 is 0 Å². The molecule has 1 atom stereocenters. The van der Waals surface area contributed by atoms with Gasteiger partial charge in [0.1, 0.15) is 6.33 Å². The Balaban J connectivity index is 1.81. The highest BCUT2D eigenvalue weighted by atomic mass is 32.2. The second-order valence-electron chi connectivity index (χ2n) is 4.71. The molecule has 0 saturated carbocycles. The summed E-state index contributed by atoms with van der Waals surface area (Å²) in [6.45, 7) is 0.779. The topological polar surface area (TPSA) is 59.8 Å². The molecule has 1 aliphatic heterocycles. The smallest absolute Gasteiger partial charge is 0.233 e. The average Bonchev–Trinajstić information content (AvgIpc) is 2.85. The average molecular weight is 288 g/mol. The number of para-hydroxylation sites is 1. The highest BCUT2D eigenvalue weighted by molar-refractivity contribution is 8.00. The van der Waals surface area contributed by atoms with Crippen molar-refractivity contribution in [2.24, 2.45) is 0 Å². The molecule has 20 heavy (non-hydrogen) atoms. The van der Waals surface area contributed by atoms with E-state index in [4.69, 9.17) is 0 Å². The van der Waals surface area contributed by atoms with Gasteiger partial charge in [0, 0.05) is 12.2 Å². The van der Waals surface area contributed by atoms with Crippen LogP contribution >= 0.6 is 11.8 Å². The molecule has 0 bridgehead atoms. The third-order valence-electron chi connectivity index (χ3n) is 3.28. The third-order valence-corrected chi connectivity index (χ3v) is 4.51. The molecular weight excluding hydrogens is 272 g/mol. The summed E-state index contributed by atoms with van der Waals surface area (Å²) in [7, 11) is 0. The van der Waals surface area contributed by atoms with Crippen molar-refractivity contribution in [1.29, 1.82) is 0 Å². The number of hydrogen-bond donors (Lipinski definition) is 1. The summed E-state index contributed by atoms with van der Waals surface area (Å²) in [5.74, 6) is 0.107. The van der Waals surface area contributed by atoms with Gasteiger partial charge < -0.3 is 5.32 Å². The minimum atomic E-state index is -0.0795. The fourth-order valence-corrected chi connectivity index (χ4v) is 3.31. The molecule has 0 aliphatic carbocycles. The van der Waals surface area contributed by atoms with E-state index in [1.807, 2.05) is 34.9 Å². The van der Waals surface area contributed by atoms with Gasteiger partial charge in [-0.25, -0.2) is 0 Å². The molecule has 0 spiro atoms. The van der Waals surface area contributed by atoms with Crippen molar-refractivity contribution in [2.45, 2.75) is 29.7 Å². The van der Waals surface area contributed by atoms with E-state index >= 15 is 0 Å². The Bertz CT molecular complexity index is 584. The molecule has 6 heteroatoms. The Kier molecular flexibility index (Phi) is 4.01. The summed E-state index contributed by atoms with van der Waals surface area (Å²) >= 11 is 1.49. The number of benzene rings is 1. The maximum Gasteiger partial charge on any atom is 0.233 e. The molecule has 1 saturated heterocycles. The summed E-state index contributed by atoms with van der Waals surface area (Å²) < 4.78 is 1.92. The fraction of sp³-hybridized carbons (Fsp3) is 0.357. The molecular formula is C14H16N4OS. The van der Waals surface area contributed by atoms with Crippen molar-refractivity contribution < 1.29 is 4.79 Å². The van der Waals surface area contributed by atoms with Crippen LogP contribution in [0.2, 0.25) is 0 Å². The lowest BCUT2D eigenvalue weighted by Crippen LogP contribution is -2.30. The predicted molar refractivity (Wildman–Crippen MR) is 77.9 cm³/mol. The van der Waals surface area contributed by atoms with Crippen molar-refractivity contribution in [3.05, 3.63) is 36.7 Å². The van der Waals surface area contributed by atoms with Crippen molar-refractivity contribution in [1.82, 2.24) is 20.1 Å². The monoisotopic (exact) mass is 288 g/mol. The van der Waals surface area contributed by atoms with Gasteiger partial charge in [-0.05, 0) is 25.0 Å². The minimum Gasteiger partial charge on any atom is -0.355 e. The number of rotatable bonds is 3. The number of carbonyl (C=O) groups excluding carboxylic acids is 1. The molecule has 104 valence electrons. The van der Waals surface area contributed by atoms with Crippen LogP contribution in [-0.4, -0.2) is 32.5 Å². The van der Waals surface area contributed by atoms with E-state index in [0.717, 1.165) is 36.7 Å². The van der Waals surface area contributed by atoms with E-state index in [1.54, 1.807) is 6.33 Å². The van der Waals surface area contributed by atoms with Gasteiger partial charge in [0.05, 0.1) is 5.25 Å². The number of amides is 1. The zero-order chi connectivity index (χ0) is 13.8. The highest BCUT2D eigenvalue weighted by Crippen LogP contribution is 2.28. The third kappa shape index (κ3) is 2.85. The summed E-state index contributed by atoms with van der Waals surface area (Å²) in [5.41, 5.74) is 1.01. The molecule has 3 rings (SSSR count). The van der Waals surface area contributed by atoms with Crippen molar-refractivity contribution in [3.8, 4) is 5.69 Å². The molecule has 5 nitrogen and oxygen atoms in total. The zero-order valence-electron chi connectivity index (χ0n) is 11.0. The molecule has 1 fully saturated rings. The number of thioether (sulfide) groups is 1. The van der Waals surface area contributed by atoms with Gasteiger partial charge in [-0.3, -0.25) is 9.36 Å². The van der Waals surface area contributed by atoms with Crippen LogP contribution in [0.1, 0.15) is 19.3 Å². The van der Waals surface area contributed by atoms with Crippen LogP contribution in [-0.2, 0) is 4.79 Å². The first-order chi connectivity index (χ1) is 9.84. The van der Waals surface area contributed by atoms with Crippen molar-refractivity contribution in [2.75, 3.05) is 6.54 Å². The fourth-order valence-electron chi connectivity index (χ4n) is 2.22. The van der Waals surface area contributed by atoms with E-state index < -0.39 is 0 Å². The Labute approximate surface area is 121 Å². The van der Waals surface area contributed by atoms with Crippen LogP contribution in [0.25, 0.3) is 5.69 Å². The van der Waals surface area contributed by atoms with Crippen LogP contribution in [0.3, 0.4) is 0 Å². The summed E-state index contributed by atoms with van der Waals surface area (Å²) in [6.07, 6.45) is 4.69. The Morgan fingerprint density at radius 1 is 1.25 bits per heavy atom. The van der Waals surface area contributed by atoms with Crippen LogP contribution in [0.5, 0.6) is 0 Å². The SMILES string of the molecule is O=C1NCCCCC1Sc1nncn1-c1ccccc1. The molecule has 1 aromatic carbocycles. The van der Waals surface area contributed by atoms with E-state index in [9.17, 15) is 4.79 Å². The lowest BCUT2D eigenvalue weighted by Gasteiger charge is -2.12. The van der Waals surface area contributed by atoms with Crippen LogP contribution in [0.4, 0.5) is 0 Å². The molecule has 2 heterocycles. The highest BCUT2D eigenvalue weighted by Gasteiger charge is 2.24. The molecule has 2 aromatic rings. The Hall–Kier alpha value is -1.82. The van der Waals surface area contributed by atoms with E-state index in [2.05, 4.69) is 15.5 Å². The maximum absolute atomic E-state index is 12.0. The standard InChI is InChI=1S/C14H16N4OS/c19-13-12(8-4-5-9-15-13)20-14-17-16-10-18(14)11-6-2-1-3-7-11/h1-3,6-7,10,12H,4-5,8-9H2,(H,15,19). The molecule has 1 aromatic heterocycles. The van der Waals surface area contributed by atoms with Gasteiger partial charge in [-0.15, -0.1) is 10.2 Å². The molecule has 1 amide bonds. The summed E-state index contributed by atoms with van der Waals surface area (Å²) in [5, 5.41) is 11.8. The zero-order valence-corrected chi connectivity index (χ0v) is 11.8. The van der Waals surface area contributed by atoms with Crippen LogP contribution in [0.15, 0.2) is 41.8 Å². The molecule has 1 aliphatic rings. The molecule has 0 radical (unpaired) electrons. The number of carbonyl (C=O) groups is 1. The minimum absolute atomic E-state index is 0.0795. The number of aromatic nitrogens is 3. The number of nitrogens with one attached hydrogen (secondary N) is 1. The predicted octanol–water partition coefficient (Wildman–Crippen LogP) is 2.03. The van der Waals surface area contributed by atoms with Crippen LogP contribution < -0.4 is 5.32 Å². The van der Waals surface area contributed by atoms with Crippen molar-refractivity contribution in [3.63, 3.8) is 0 Å². The maximum atomic E-state index is 12.0. The lowest BCUT2D eigenvalue weighted by atomic mass is 10.2. The van der Waals surface area contributed by atoms with Gasteiger partial charge in [0.25, 0.3) is 0 Å². The second kappa shape index (κ2) is 6.09.